The second kappa shape index (κ2) is 2.66. The molecule has 0 unspecified atom stereocenters. The van der Waals surface area contributed by atoms with Crippen LogP contribution >= 0.6 is 0 Å². The second-order valence-corrected chi connectivity index (χ2v) is 1.39. The topological polar surface area (TPSA) is 23.9 Å². The molecule has 0 rings (SSSR count). The molecule has 4 heteroatoms. The highest BCUT2D eigenvalue weighted by atomic mass is 19.4. The van der Waals surface area contributed by atoms with E-state index in [1.165, 1.54) is 6.92 Å². The molecule has 0 spiro atoms. The maximum absolute atomic E-state index is 11.5. The Morgan fingerprint density at radius 2 is 1.89 bits per heavy atom. The van der Waals surface area contributed by atoms with Crippen LogP contribution < -0.4 is 0 Å². The summed E-state index contributed by atoms with van der Waals surface area (Å²) in [4.78, 5) is 0. The molecule has 0 amide bonds. The zero-order valence-electron chi connectivity index (χ0n) is 4.79. The summed E-state index contributed by atoms with van der Waals surface area (Å²) >= 11 is 0. The monoisotopic (exact) mass is 137 g/mol. The maximum Gasteiger partial charge on any atom is 0.417 e. The quantitative estimate of drug-likeness (QED) is 0.535. The fourth-order valence-corrected chi connectivity index (χ4v) is 0.329. The standard InChI is InChI=1S/C5H6F3N/c1-2-4(3-9)5(6,7)8/h2-3,9H,1H3/b4-2+,9-3?. The predicted octanol–water partition coefficient (Wildman–Crippen LogP) is 2.14. The fourth-order valence-electron chi connectivity index (χ4n) is 0.329. The first kappa shape index (κ1) is 8.20. The van der Waals surface area contributed by atoms with Crippen molar-refractivity contribution in [3.05, 3.63) is 11.6 Å². The van der Waals surface area contributed by atoms with Crippen LogP contribution in [-0.2, 0) is 0 Å². The Hall–Kier alpha value is -0.800. The van der Waals surface area contributed by atoms with Gasteiger partial charge in [-0.05, 0) is 6.92 Å². The lowest BCUT2D eigenvalue weighted by molar-refractivity contribution is -0.0857. The molecule has 0 fully saturated rings. The van der Waals surface area contributed by atoms with Crippen molar-refractivity contribution in [3.8, 4) is 0 Å². The average molecular weight is 137 g/mol. The van der Waals surface area contributed by atoms with Gasteiger partial charge in [-0.1, -0.05) is 6.08 Å². The van der Waals surface area contributed by atoms with Gasteiger partial charge in [0.1, 0.15) is 0 Å². The molecule has 0 aromatic heterocycles. The molecule has 0 aromatic carbocycles. The molecule has 0 bridgehead atoms. The van der Waals surface area contributed by atoms with Crippen molar-refractivity contribution in [1.82, 2.24) is 0 Å². The van der Waals surface area contributed by atoms with Gasteiger partial charge < -0.3 is 5.41 Å². The lowest BCUT2D eigenvalue weighted by Gasteiger charge is -2.03. The highest BCUT2D eigenvalue weighted by molar-refractivity contribution is 5.77. The Balaban J connectivity index is 4.32. The number of rotatable bonds is 1. The lowest BCUT2D eigenvalue weighted by Crippen LogP contribution is -2.11. The van der Waals surface area contributed by atoms with E-state index in [-0.39, 0.29) is 0 Å². The van der Waals surface area contributed by atoms with E-state index in [1.807, 2.05) is 0 Å². The summed E-state index contributed by atoms with van der Waals surface area (Å²) in [5.41, 5.74) is -0.914. The van der Waals surface area contributed by atoms with Crippen LogP contribution in [-0.4, -0.2) is 12.4 Å². The first-order valence-electron chi connectivity index (χ1n) is 2.26. The van der Waals surface area contributed by atoms with Gasteiger partial charge in [-0.3, -0.25) is 0 Å². The minimum Gasteiger partial charge on any atom is -0.308 e. The Labute approximate surface area is 50.7 Å². The zero-order valence-corrected chi connectivity index (χ0v) is 4.79. The molecule has 0 aliphatic carbocycles. The first-order chi connectivity index (χ1) is 4.02. The number of allylic oxidation sites excluding steroid dienone is 2. The number of hydrogen-bond acceptors (Lipinski definition) is 1. The van der Waals surface area contributed by atoms with Crippen LogP contribution in [0.25, 0.3) is 0 Å². The smallest absolute Gasteiger partial charge is 0.308 e. The van der Waals surface area contributed by atoms with E-state index in [1.54, 1.807) is 0 Å². The van der Waals surface area contributed by atoms with E-state index in [9.17, 15) is 13.2 Å². The third-order valence-corrected chi connectivity index (χ3v) is 0.794. The summed E-state index contributed by atoms with van der Waals surface area (Å²) in [5, 5.41) is 6.30. The van der Waals surface area contributed by atoms with Gasteiger partial charge in [-0.2, -0.15) is 13.2 Å². The van der Waals surface area contributed by atoms with E-state index in [0.717, 1.165) is 6.08 Å². The summed E-state index contributed by atoms with van der Waals surface area (Å²) in [7, 11) is 0. The molecule has 0 radical (unpaired) electrons. The summed E-state index contributed by atoms with van der Waals surface area (Å²) in [6.07, 6.45) is -3.22. The fraction of sp³-hybridized carbons (Fsp3) is 0.400. The zero-order chi connectivity index (χ0) is 7.49. The Bertz CT molecular complexity index is 134. The molecule has 0 aliphatic rings. The van der Waals surface area contributed by atoms with Crippen LogP contribution in [0.1, 0.15) is 6.92 Å². The van der Waals surface area contributed by atoms with E-state index in [2.05, 4.69) is 0 Å². The third-order valence-electron chi connectivity index (χ3n) is 0.794. The van der Waals surface area contributed by atoms with Gasteiger partial charge in [-0.25, -0.2) is 0 Å². The molecule has 0 saturated carbocycles. The molecule has 0 aliphatic heterocycles. The largest absolute Gasteiger partial charge is 0.417 e. The first-order valence-corrected chi connectivity index (χ1v) is 2.26. The SMILES string of the molecule is C/C=C(\C=N)C(F)(F)F. The van der Waals surface area contributed by atoms with Gasteiger partial charge in [0.25, 0.3) is 0 Å². The van der Waals surface area contributed by atoms with Gasteiger partial charge in [0, 0.05) is 6.21 Å². The van der Waals surface area contributed by atoms with Crippen molar-refractivity contribution in [2.24, 2.45) is 0 Å². The van der Waals surface area contributed by atoms with Gasteiger partial charge in [0.05, 0.1) is 5.57 Å². The van der Waals surface area contributed by atoms with Gasteiger partial charge in [0.2, 0.25) is 0 Å². The molecular weight excluding hydrogens is 131 g/mol. The van der Waals surface area contributed by atoms with Crippen LogP contribution in [0.15, 0.2) is 11.6 Å². The van der Waals surface area contributed by atoms with Crippen molar-refractivity contribution in [2.45, 2.75) is 13.1 Å². The number of nitrogens with one attached hydrogen (secondary N) is 1. The number of halogens is 3. The van der Waals surface area contributed by atoms with Crippen molar-refractivity contribution < 1.29 is 13.2 Å². The van der Waals surface area contributed by atoms with Gasteiger partial charge in [0.15, 0.2) is 0 Å². The summed E-state index contributed by atoms with van der Waals surface area (Å²) in [6, 6.07) is 0. The Morgan fingerprint density at radius 3 is 1.89 bits per heavy atom. The third kappa shape index (κ3) is 2.30. The number of alkyl halides is 3. The maximum atomic E-state index is 11.5. The summed E-state index contributed by atoms with van der Waals surface area (Å²) in [6.45, 7) is 1.24. The van der Waals surface area contributed by atoms with Crippen LogP contribution in [0.4, 0.5) is 13.2 Å². The van der Waals surface area contributed by atoms with Crippen molar-refractivity contribution in [1.29, 1.82) is 5.41 Å². The highest BCUT2D eigenvalue weighted by Crippen LogP contribution is 2.23. The molecular formula is C5H6F3N. The van der Waals surface area contributed by atoms with E-state index in [0.29, 0.717) is 6.21 Å². The van der Waals surface area contributed by atoms with Crippen molar-refractivity contribution in [3.63, 3.8) is 0 Å². The van der Waals surface area contributed by atoms with Crippen LogP contribution in [0.3, 0.4) is 0 Å². The molecule has 0 aromatic rings. The molecule has 0 heterocycles. The normalized spacial score (nSPS) is 13.6. The number of hydrogen-bond donors (Lipinski definition) is 1. The Morgan fingerprint density at radius 1 is 1.44 bits per heavy atom. The molecule has 0 saturated heterocycles. The average Bonchev–Trinajstić information content (AvgIpc) is 1.65. The molecule has 1 nitrogen and oxygen atoms in total. The van der Waals surface area contributed by atoms with E-state index >= 15 is 0 Å². The van der Waals surface area contributed by atoms with Gasteiger partial charge >= 0.3 is 6.18 Å². The van der Waals surface area contributed by atoms with Crippen molar-refractivity contribution >= 4 is 6.21 Å². The molecule has 9 heavy (non-hydrogen) atoms. The minimum absolute atomic E-state index is 0.292. The summed E-state index contributed by atoms with van der Waals surface area (Å²) < 4.78 is 34.5. The van der Waals surface area contributed by atoms with Crippen LogP contribution in [0, 0.1) is 5.41 Å². The second-order valence-electron chi connectivity index (χ2n) is 1.39. The van der Waals surface area contributed by atoms with E-state index in [4.69, 9.17) is 5.41 Å². The predicted molar refractivity (Wildman–Crippen MR) is 28.6 cm³/mol. The van der Waals surface area contributed by atoms with Crippen LogP contribution in [0.2, 0.25) is 0 Å². The molecule has 52 valence electrons. The summed E-state index contributed by atoms with van der Waals surface area (Å²) in [5.74, 6) is 0. The molecule has 0 atom stereocenters. The highest BCUT2D eigenvalue weighted by Gasteiger charge is 2.30. The molecule has 1 N–H and O–H groups in total. The van der Waals surface area contributed by atoms with Gasteiger partial charge in [-0.15, -0.1) is 0 Å². The minimum atomic E-state index is -4.36. The van der Waals surface area contributed by atoms with E-state index < -0.39 is 11.7 Å². The Kier molecular flexibility index (Phi) is 2.42. The van der Waals surface area contributed by atoms with Crippen LogP contribution in [0.5, 0.6) is 0 Å². The van der Waals surface area contributed by atoms with Crippen molar-refractivity contribution in [2.75, 3.05) is 0 Å². The lowest BCUT2D eigenvalue weighted by atomic mass is 10.3.